The Morgan fingerprint density at radius 1 is 1.21 bits per heavy atom. The van der Waals surface area contributed by atoms with E-state index in [4.69, 9.17) is 21.7 Å². The summed E-state index contributed by atoms with van der Waals surface area (Å²) in [7, 11) is 1.34. The molecule has 0 aliphatic carbocycles. The predicted octanol–water partition coefficient (Wildman–Crippen LogP) is 6.34. The maximum atomic E-state index is 12.9. The van der Waals surface area contributed by atoms with Gasteiger partial charge < -0.3 is 14.2 Å². The van der Waals surface area contributed by atoms with Crippen molar-refractivity contribution in [3.63, 3.8) is 0 Å². The van der Waals surface area contributed by atoms with Crippen molar-refractivity contribution < 1.29 is 23.8 Å². The number of hydrogen-bond donors (Lipinski definition) is 0. The second-order valence-electron chi connectivity index (χ2n) is 7.19. The number of hydrogen-bond acceptors (Lipinski definition) is 7. The van der Waals surface area contributed by atoms with E-state index in [1.807, 2.05) is 43.3 Å². The summed E-state index contributed by atoms with van der Waals surface area (Å²) in [6.07, 6.45) is 2.50. The Bertz CT molecular complexity index is 1120. The van der Waals surface area contributed by atoms with Crippen molar-refractivity contribution in [3.8, 4) is 11.5 Å². The average molecular weight is 629 g/mol. The van der Waals surface area contributed by atoms with Crippen LogP contribution in [0.1, 0.15) is 30.9 Å². The number of carbonyl (C=O) groups is 2. The van der Waals surface area contributed by atoms with Gasteiger partial charge in [-0.15, -0.1) is 0 Å². The summed E-state index contributed by atoms with van der Waals surface area (Å²) in [5.41, 5.74) is 1.80. The lowest BCUT2D eigenvalue weighted by atomic mass is 10.1. The molecule has 0 saturated carbocycles. The molecule has 1 saturated heterocycles. The van der Waals surface area contributed by atoms with E-state index in [1.165, 1.54) is 23.8 Å². The number of thiocarbonyl (C=S) groups is 1. The topological polar surface area (TPSA) is 65.1 Å². The molecule has 1 aliphatic rings. The third kappa shape index (κ3) is 7.07. The maximum absolute atomic E-state index is 12.9. The lowest BCUT2D eigenvalue weighted by Gasteiger charge is -2.15. The van der Waals surface area contributed by atoms with Crippen molar-refractivity contribution in [1.29, 1.82) is 0 Å². The molecule has 1 heterocycles. The number of amides is 1. The molecular formula is C24H23Br2NO5S2. The minimum absolute atomic E-state index is 0.177. The molecule has 6 nitrogen and oxygen atoms in total. The summed E-state index contributed by atoms with van der Waals surface area (Å²) >= 11 is 13.7. The molecule has 10 heteroatoms. The quantitative estimate of drug-likeness (QED) is 0.173. The zero-order valence-electron chi connectivity index (χ0n) is 18.6. The normalized spacial score (nSPS) is 14.6. The molecule has 1 fully saturated rings. The Kier molecular flexibility index (Phi) is 9.99. The summed E-state index contributed by atoms with van der Waals surface area (Å²) in [5.74, 6) is 0.682. The predicted molar refractivity (Wildman–Crippen MR) is 145 cm³/mol. The van der Waals surface area contributed by atoms with Gasteiger partial charge in [0.25, 0.3) is 5.91 Å². The molecule has 0 spiro atoms. The van der Waals surface area contributed by atoms with Crippen molar-refractivity contribution in [1.82, 2.24) is 4.90 Å². The fraction of sp³-hybridized carbons (Fsp3) is 0.292. The van der Waals surface area contributed by atoms with Gasteiger partial charge in [-0.3, -0.25) is 14.5 Å². The second-order valence-corrected chi connectivity index (χ2v) is 10.6. The van der Waals surface area contributed by atoms with Crippen molar-refractivity contribution in [2.75, 3.05) is 20.3 Å². The Balaban J connectivity index is 1.77. The Hall–Kier alpha value is -1.88. The molecule has 1 amide bonds. The lowest BCUT2D eigenvalue weighted by Crippen LogP contribution is -2.29. The molecule has 0 unspecified atom stereocenters. The molecule has 2 aromatic carbocycles. The zero-order chi connectivity index (χ0) is 24.7. The lowest BCUT2D eigenvalue weighted by molar-refractivity contribution is -0.141. The number of carbonyl (C=O) groups excluding carboxylic acids is 2. The van der Waals surface area contributed by atoms with Crippen LogP contribution in [0.15, 0.2) is 50.2 Å². The van der Waals surface area contributed by atoms with Gasteiger partial charge in [0, 0.05) is 17.4 Å². The van der Waals surface area contributed by atoms with E-state index in [0.717, 1.165) is 15.6 Å². The van der Waals surface area contributed by atoms with Gasteiger partial charge in [0.2, 0.25) is 0 Å². The minimum atomic E-state index is -0.309. The summed E-state index contributed by atoms with van der Waals surface area (Å²) in [4.78, 5) is 26.2. The fourth-order valence-corrected chi connectivity index (χ4v) is 5.51. The molecule has 2 aromatic rings. The highest BCUT2D eigenvalue weighted by molar-refractivity contribution is 9.10. The van der Waals surface area contributed by atoms with E-state index in [-0.39, 0.29) is 18.3 Å². The van der Waals surface area contributed by atoms with E-state index < -0.39 is 0 Å². The minimum Gasteiger partial charge on any atom is -0.490 e. The first kappa shape index (κ1) is 26.7. The van der Waals surface area contributed by atoms with Gasteiger partial charge in [-0.05, 0) is 70.7 Å². The van der Waals surface area contributed by atoms with Gasteiger partial charge in [-0.25, -0.2) is 0 Å². The highest BCUT2D eigenvalue weighted by Crippen LogP contribution is 2.40. The SMILES string of the molecule is CCOc1cc(/C=C2/SC(=S)N(CCCC(=O)OC)C2=O)cc(Br)c1OCc1cccc(Br)c1. The standard InChI is InChI=1S/C24H23Br2NO5S2/c1-3-31-19-12-16(11-18(26)22(19)32-14-15-6-4-7-17(25)10-15)13-20-23(29)27(24(33)34-20)9-5-8-21(28)30-2/h4,6-7,10-13H,3,5,8-9,14H2,1-2H3/b20-13+. The van der Waals surface area contributed by atoms with Crippen LogP contribution in [0.2, 0.25) is 0 Å². The Morgan fingerprint density at radius 3 is 2.71 bits per heavy atom. The van der Waals surface area contributed by atoms with Gasteiger partial charge >= 0.3 is 5.97 Å². The number of methoxy groups -OCH3 is 1. The molecule has 0 atom stereocenters. The van der Waals surface area contributed by atoms with Crippen LogP contribution in [0, 0.1) is 0 Å². The molecule has 34 heavy (non-hydrogen) atoms. The fourth-order valence-electron chi connectivity index (χ4n) is 3.18. The summed E-state index contributed by atoms with van der Waals surface area (Å²) in [6, 6.07) is 11.6. The molecule has 0 bridgehead atoms. The third-order valence-electron chi connectivity index (χ3n) is 4.77. The van der Waals surface area contributed by atoms with Crippen molar-refractivity contribution >= 4 is 78.1 Å². The van der Waals surface area contributed by atoms with Crippen molar-refractivity contribution in [3.05, 3.63) is 61.4 Å². The van der Waals surface area contributed by atoms with E-state index in [0.29, 0.717) is 51.4 Å². The summed E-state index contributed by atoms with van der Waals surface area (Å²) in [6.45, 7) is 3.11. The smallest absolute Gasteiger partial charge is 0.305 e. The highest BCUT2D eigenvalue weighted by atomic mass is 79.9. The second kappa shape index (κ2) is 12.7. The van der Waals surface area contributed by atoms with Gasteiger partial charge in [0.15, 0.2) is 11.5 Å². The number of esters is 1. The van der Waals surface area contributed by atoms with Gasteiger partial charge in [-0.2, -0.15) is 0 Å². The van der Waals surface area contributed by atoms with Crippen LogP contribution in [-0.2, 0) is 20.9 Å². The van der Waals surface area contributed by atoms with Crippen LogP contribution >= 0.6 is 55.8 Å². The monoisotopic (exact) mass is 627 g/mol. The number of thioether (sulfide) groups is 1. The van der Waals surface area contributed by atoms with Gasteiger partial charge in [0.05, 0.1) is 23.1 Å². The van der Waals surface area contributed by atoms with Crippen molar-refractivity contribution in [2.45, 2.75) is 26.4 Å². The van der Waals surface area contributed by atoms with Crippen LogP contribution in [0.4, 0.5) is 0 Å². The summed E-state index contributed by atoms with van der Waals surface area (Å²) < 4.78 is 18.7. The number of rotatable bonds is 10. The van der Waals surface area contributed by atoms with Gasteiger partial charge in [0.1, 0.15) is 10.9 Å². The molecular weight excluding hydrogens is 606 g/mol. The first-order chi connectivity index (χ1) is 16.3. The zero-order valence-corrected chi connectivity index (χ0v) is 23.4. The number of benzene rings is 2. The summed E-state index contributed by atoms with van der Waals surface area (Å²) in [5, 5.41) is 0. The van der Waals surface area contributed by atoms with Crippen molar-refractivity contribution in [2.24, 2.45) is 0 Å². The largest absolute Gasteiger partial charge is 0.490 e. The highest BCUT2D eigenvalue weighted by Gasteiger charge is 2.31. The van der Waals surface area contributed by atoms with E-state index in [2.05, 4.69) is 36.6 Å². The molecule has 0 N–H and O–H groups in total. The first-order valence-electron chi connectivity index (χ1n) is 10.5. The third-order valence-corrected chi connectivity index (χ3v) is 7.23. The maximum Gasteiger partial charge on any atom is 0.305 e. The van der Waals surface area contributed by atoms with Crippen LogP contribution < -0.4 is 9.47 Å². The molecule has 180 valence electrons. The Labute approximate surface area is 225 Å². The van der Waals surface area contributed by atoms with E-state index in [1.54, 1.807) is 6.08 Å². The van der Waals surface area contributed by atoms with Crippen LogP contribution in [0.3, 0.4) is 0 Å². The molecule has 0 aromatic heterocycles. The van der Waals surface area contributed by atoms with Gasteiger partial charge in [-0.1, -0.05) is 52.0 Å². The first-order valence-corrected chi connectivity index (χ1v) is 13.3. The molecule has 3 rings (SSSR count). The van der Waals surface area contributed by atoms with E-state index in [9.17, 15) is 9.59 Å². The molecule has 1 aliphatic heterocycles. The van der Waals surface area contributed by atoms with Crippen LogP contribution in [0.25, 0.3) is 6.08 Å². The number of ether oxygens (including phenoxy) is 3. The number of halogens is 2. The number of nitrogens with zero attached hydrogens (tertiary/aromatic N) is 1. The van der Waals surface area contributed by atoms with E-state index >= 15 is 0 Å². The molecule has 0 radical (unpaired) electrons. The van der Waals surface area contributed by atoms with Crippen LogP contribution in [-0.4, -0.2) is 41.4 Å². The van der Waals surface area contributed by atoms with Crippen LogP contribution in [0.5, 0.6) is 11.5 Å². The Morgan fingerprint density at radius 2 is 2.00 bits per heavy atom. The average Bonchev–Trinajstić information content (AvgIpc) is 3.06.